The first kappa shape index (κ1) is 16.0. The number of benzene rings is 1. The summed E-state index contributed by atoms with van der Waals surface area (Å²) in [5, 5.41) is 12.2. The Hall–Kier alpha value is -1.38. The first-order chi connectivity index (χ1) is 10.0. The van der Waals surface area contributed by atoms with E-state index in [1.54, 1.807) is 5.38 Å². The molecule has 0 aliphatic carbocycles. The SMILES string of the molecule is O=C(CSc1ccc(Br)cc1)OCc1csc([N+](=O)[O-])c1. The van der Waals surface area contributed by atoms with E-state index in [0.717, 1.165) is 20.7 Å². The van der Waals surface area contributed by atoms with E-state index < -0.39 is 4.92 Å². The number of esters is 1. The number of nitrogens with zero attached hydrogens (tertiary/aromatic N) is 1. The minimum absolute atomic E-state index is 0.0466. The predicted octanol–water partition coefficient (Wildman–Crippen LogP) is 4.25. The molecule has 1 heterocycles. The first-order valence-corrected chi connectivity index (χ1v) is 8.46. The highest BCUT2D eigenvalue weighted by molar-refractivity contribution is 9.10. The second kappa shape index (κ2) is 7.58. The molecule has 0 bridgehead atoms. The minimum Gasteiger partial charge on any atom is -0.460 e. The number of carbonyl (C=O) groups is 1. The fourth-order valence-electron chi connectivity index (χ4n) is 1.41. The van der Waals surface area contributed by atoms with Gasteiger partial charge in [-0.1, -0.05) is 27.3 Å². The second-order valence-electron chi connectivity index (χ2n) is 3.95. The summed E-state index contributed by atoms with van der Waals surface area (Å²) in [7, 11) is 0. The van der Waals surface area contributed by atoms with Crippen LogP contribution in [0, 0.1) is 10.1 Å². The lowest BCUT2D eigenvalue weighted by Gasteiger charge is -2.03. The van der Waals surface area contributed by atoms with E-state index in [2.05, 4.69) is 15.9 Å². The van der Waals surface area contributed by atoms with Crippen LogP contribution in [-0.2, 0) is 16.1 Å². The molecule has 2 rings (SSSR count). The van der Waals surface area contributed by atoms with Crippen LogP contribution in [0.15, 0.2) is 45.1 Å². The van der Waals surface area contributed by atoms with Crippen molar-refractivity contribution in [3.8, 4) is 0 Å². The lowest BCUT2D eigenvalue weighted by molar-refractivity contribution is -0.380. The zero-order chi connectivity index (χ0) is 15.2. The number of rotatable bonds is 6. The van der Waals surface area contributed by atoms with Crippen LogP contribution in [0.25, 0.3) is 0 Å². The average Bonchev–Trinajstić information content (AvgIpc) is 2.93. The van der Waals surface area contributed by atoms with Crippen molar-refractivity contribution < 1.29 is 14.5 Å². The van der Waals surface area contributed by atoms with E-state index in [0.29, 0.717) is 5.56 Å². The number of thioether (sulfide) groups is 1. The largest absolute Gasteiger partial charge is 0.460 e. The standard InChI is InChI=1S/C13H10BrNO4S2/c14-10-1-3-11(4-2-10)20-8-13(16)19-6-9-5-12(15(17)18)21-7-9/h1-5,7H,6,8H2. The van der Waals surface area contributed by atoms with E-state index in [4.69, 9.17) is 4.74 Å². The monoisotopic (exact) mass is 387 g/mol. The van der Waals surface area contributed by atoms with Crippen molar-refractivity contribution in [1.82, 2.24) is 0 Å². The molecule has 1 aromatic carbocycles. The number of nitro groups is 1. The van der Waals surface area contributed by atoms with Crippen LogP contribution >= 0.6 is 39.0 Å². The molecule has 5 nitrogen and oxygen atoms in total. The Labute approximate surface area is 137 Å². The van der Waals surface area contributed by atoms with Crippen molar-refractivity contribution in [3.05, 3.63) is 55.9 Å². The van der Waals surface area contributed by atoms with Gasteiger partial charge in [-0.2, -0.15) is 0 Å². The van der Waals surface area contributed by atoms with Gasteiger partial charge in [0.05, 0.1) is 10.7 Å². The minimum atomic E-state index is -0.459. The Balaban J connectivity index is 1.76. The molecule has 8 heteroatoms. The lowest BCUT2D eigenvalue weighted by Crippen LogP contribution is -2.06. The van der Waals surface area contributed by atoms with E-state index in [1.165, 1.54) is 17.8 Å². The Kier molecular flexibility index (Phi) is 5.77. The third-order valence-electron chi connectivity index (χ3n) is 2.39. The number of carbonyl (C=O) groups excluding carboxylic acids is 1. The normalized spacial score (nSPS) is 10.3. The number of hydrogen-bond donors (Lipinski definition) is 0. The van der Waals surface area contributed by atoms with E-state index >= 15 is 0 Å². The summed E-state index contributed by atoms with van der Waals surface area (Å²) in [6.45, 7) is 0.0596. The van der Waals surface area contributed by atoms with Crippen LogP contribution in [0.1, 0.15) is 5.56 Å². The van der Waals surface area contributed by atoms with Gasteiger partial charge in [0.15, 0.2) is 0 Å². The molecular weight excluding hydrogens is 378 g/mol. The van der Waals surface area contributed by atoms with Gasteiger partial charge >= 0.3 is 11.0 Å². The van der Waals surface area contributed by atoms with Crippen LogP contribution < -0.4 is 0 Å². The van der Waals surface area contributed by atoms with Crippen molar-refractivity contribution in [2.75, 3.05) is 5.75 Å². The van der Waals surface area contributed by atoms with E-state index in [9.17, 15) is 14.9 Å². The van der Waals surface area contributed by atoms with Gasteiger partial charge in [0, 0.05) is 26.4 Å². The highest BCUT2D eigenvalue weighted by Gasteiger charge is 2.11. The molecule has 0 saturated heterocycles. The predicted molar refractivity (Wildman–Crippen MR) is 85.6 cm³/mol. The van der Waals surface area contributed by atoms with Crippen molar-refractivity contribution in [3.63, 3.8) is 0 Å². The summed E-state index contributed by atoms with van der Waals surface area (Å²) in [5.74, 6) is -0.148. The second-order valence-corrected chi connectivity index (χ2v) is 6.81. The Morgan fingerprint density at radius 2 is 2.10 bits per heavy atom. The Bertz CT molecular complexity index is 642. The van der Waals surface area contributed by atoms with Crippen molar-refractivity contribution in [1.29, 1.82) is 0 Å². The topological polar surface area (TPSA) is 69.4 Å². The summed E-state index contributed by atoms with van der Waals surface area (Å²) in [4.78, 5) is 22.7. The van der Waals surface area contributed by atoms with Crippen LogP contribution in [0.2, 0.25) is 0 Å². The third-order valence-corrected chi connectivity index (χ3v) is 4.83. The van der Waals surface area contributed by atoms with Gasteiger partial charge < -0.3 is 4.74 Å². The summed E-state index contributed by atoms with van der Waals surface area (Å²) in [5.41, 5.74) is 0.633. The lowest BCUT2D eigenvalue weighted by atomic mass is 10.4. The third kappa shape index (κ3) is 5.14. The fourth-order valence-corrected chi connectivity index (χ4v) is 3.09. The van der Waals surface area contributed by atoms with Crippen LogP contribution in [0.3, 0.4) is 0 Å². The number of halogens is 1. The van der Waals surface area contributed by atoms with Crippen LogP contribution in [0.5, 0.6) is 0 Å². The van der Waals surface area contributed by atoms with Crippen molar-refractivity contribution in [2.45, 2.75) is 11.5 Å². The highest BCUT2D eigenvalue weighted by atomic mass is 79.9. The van der Waals surface area contributed by atoms with Gasteiger partial charge in [0.1, 0.15) is 6.61 Å². The van der Waals surface area contributed by atoms with Gasteiger partial charge in [-0.3, -0.25) is 14.9 Å². The molecule has 110 valence electrons. The zero-order valence-electron chi connectivity index (χ0n) is 10.7. The maximum Gasteiger partial charge on any atom is 0.324 e. The van der Waals surface area contributed by atoms with Crippen molar-refractivity contribution in [2.24, 2.45) is 0 Å². The molecule has 0 saturated carbocycles. The quantitative estimate of drug-likeness (QED) is 0.320. The van der Waals surface area contributed by atoms with Crippen LogP contribution in [-0.4, -0.2) is 16.6 Å². The molecule has 0 unspecified atom stereocenters. The summed E-state index contributed by atoms with van der Waals surface area (Å²) in [6, 6.07) is 9.03. The maximum atomic E-state index is 11.6. The molecule has 0 radical (unpaired) electrons. The fraction of sp³-hybridized carbons (Fsp3) is 0.154. The molecule has 0 N–H and O–H groups in total. The Morgan fingerprint density at radius 1 is 1.38 bits per heavy atom. The summed E-state index contributed by atoms with van der Waals surface area (Å²) >= 11 is 5.74. The molecular formula is C13H10BrNO4S2. The van der Waals surface area contributed by atoms with Gasteiger partial charge in [0.2, 0.25) is 0 Å². The number of ether oxygens (including phenoxy) is 1. The average molecular weight is 388 g/mol. The summed E-state index contributed by atoms with van der Waals surface area (Å²) < 4.78 is 6.06. The van der Waals surface area contributed by atoms with Gasteiger partial charge in [-0.15, -0.1) is 11.8 Å². The summed E-state index contributed by atoms with van der Waals surface area (Å²) in [6.07, 6.45) is 0. The molecule has 0 spiro atoms. The van der Waals surface area contributed by atoms with Gasteiger partial charge in [-0.25, -0.2) is 0 Å². The van der Waals surface area contributed by atoms with Gasteiger partial charge in [0.25, 0.3) is 0 Å². The van der Waals surface area contributed by atoms with Crippen LogP contribution in [0.4, 0.5) is 5.00 Å². The molecule has 1 aromatic heterocycles. The van der Waals surface area contributed by atoms with Gasteiger partial charge in [-0.05, 0) is 24.3 Å². The molecule has 0 amide bonds. The highest BCUT2D eigenvalue weighted by Crippen LogP contribution is 2.24. The molecule has 0 fully saturated rings. The maximum absolute atomic E-state index is 11.6. The molecule has 0 aliphatic heterocycles. The molecule has 0 atom stereocenters. The smallest absolute Gasteiger partial charge is 0.324 e. The molecule has 2 aromatic rings. The number of hydrogen-bond acceptors (Lipinski definition) is 6. The zero-order valence-corrected chi connectivity index (χ0v) is 13.9. The Morgan fingerprint density at radius 3 is 2.71 bits per heavy atom. The van der Waals surface area contributed by atoms with E-state index in [-0.39, 0.29) is 23.3 Å². The van der Waals surface area contributed by atoms with Crippen molar-refractivity contribution >= 4 is 50.0 Å². The molecule has 21 heavy (non-hydrogen) atoms. The molecule has 0 aliphatic rings. The van der Waals surface area contributed by atoms with E-state index in [1.807, 2.05) is 24.3 Å². The number of thiophene rings is 1. The first-order valence-electron chi connectivity index (χ1n) is 5.80.